The number of hydrogen-bond donors (Lipinski definition) is 2. The first-order valence-corrected chi connectivity index (χ1v) is 6.84. The molecule has 1 aliphatic carbocycles. The van der Waals surface area contributed by atoms with E-state index in [0.717, 1.165) is 0 Å². The van der Waals surface area contributed by atoms with Crippen molar-refractivity contribution >= 4 is 11.9 Å². The third-order valence-corrected chi connectivity index (χ3v) is 3.77. The van der Waals surface area contributed by atoms with Crippen LogP contribution in [-0.4, -0.2) is 44.4 Å². The second-order valence-electron chi connectivity index (χ2n) is 5.06. The summed E-state index contributed by atoms with van der Waals surface area (Å²) in [4.78, 5) is 23.1. The monoisotopic (exact) mass is 309 g/mol. The highest BCUT2D eigenvalue weighted by molar-refractivity contribution is 5.98. The lowest BCUT2D eigenvalue weighted by Crippen LogP contribution is -2.46. The van der Waals surface area contributed by atoms with E-state index >= 15 is 0 Å². The second-order valence-corrected chi connectivity index (χ2v) is 5.06. The van der Waals surface area contributed by atoms with Crippen molar-refractivity contribution in [3.8, 4) is 17.2 Å². The van der Waals surface area contributed by atoms with Gasteiger partial charge in [-0.3, -0.25) is 9.59 Å². The number of carboxylic acid groups (broad SMARTS) is 1. The molecular weight excluding hydrogens is 290 g/mol. The molecule has 0 heterocycles. The van der Waals surface area contributed by atoms with Crippen LogP contribution in [0.1, 0.15) is 23.2 Å². The van der Waals surface area contributed by atoms with Gasteiger partial charge >= 0.3 is 5.97 Å². The Morgan fingerprint density at radius 3 is 2.23 bits per heavy atom. The maximum atomic E-state index is 12.3. The average molecular weight is 309 g/mol. The molecule has 1 saturated carbocycles. The molecule has 0 unspecified atom stereocenters. The predicted molar refractivity (Wildman–Crippen MR) is 77.7 cm³/mol. The molecule has 2 N–H and O–H groups in total. The normalized spacial score (nSPS) is 19.8. The van der Waals surface area contributed by atoms with Crippen LogP contribution in [0.15, 0.2) is 12.1 Å². The summed E-state index contributed by atoms with van der Waals surface area (Å²) < 4.78 is 15.7. The fraction of sp³-hybridized carbons (Fsp3) is 0.467. The van der Waals surface area contributed by atoms with Gasteiger partial charge in [-0.25, -0.2) is 0 Å². The molecule has 22 heavy (non-hydrogen) atoms. The summed E-state index contributed by atoms with van der Waals surface area (Å²) >= 11 is 0. The minimum Gasteiger partial charge on any atom is -0.493 e. The van der Waals surface area contributed by atoms with E-state index in [-0.39, 0.29) is 23.6 Å². The standard InChI is InChI=1S/C15H19NO6/c1-20-11-5-4-10(12(21-2)13(11)22-3)14(17)16-9-6-8(7-9)15(18)19/h4-5,8-9H,6-7H2,1-3H3,(H,16,17)(H,18,19). The molecular formula is C15H19NO6. The number of rotatable bonds is 6. The minimum absolute atomic E-state index is 0.133. The lowest BCUT2D eigenvalue weighted by molar-refractivity contribution is -0.145. The van der Waals surface area contributed by atoms with Crippen molar-refractivity contribution in [2.75, 3.05) is 21.3 Å². The number of amides is 1. The van der Waals surface area contributed by atoms with Gasteiger partial charge in [0.2, 0.25) is 5.75 Å². The Labute approximate surface area is 128 Å². The van der Waals surface area contributed by atoms with E-state index in [1.54, 1.807) is 12.1 Å². The Bertz CT molecular complexity index is 580. The first-order chi connectivity index (χ1) is 10.5. The summed E-state index contributed by atoms with van der Waals surface area (Å²) in [6.07, 6.45) is 0.882. The maximum Gasteiger partial charge on any atom is 0.306 e. The van der Waals surface area contributed by atoms with Gasteiger partial charge in [0.15, 0.2) is 11.5 Å². The van der Waals surface area contributed by atoms with E-state index in [1.165, 1.54) is 21.3 Å². The molecule has 0 aliphatic heterocycles. The molecule has 7 heteroatoms. The van der Waals surface area contributed by atoms with Crippen LogP contribution in [-0.2, 0) is 4.79 Å². The van der Waals surface area contributed by atoms with Gasteiger partial charge in [0.1, 0.15) is 0 Å². The number of aliphatic carboxylic acids is 1. The van der Waals surface area contributed by atoms with Crippen LogP contribution in [0.4, 0.5) is 0 Å². The van der Waals surface area contributed by atoms with Gasteiger partial charge in [0.05, 0.1) is 32.8 Å². The lowest BCUT2D eigenvalue weighted by Gasteiger charge is -2.33. The van der Waals surface area contributed by atoms with Gasteiger partial charge in [-0.15, -0.1) is 0 Å². The number of ether oxygens (including phenoxy) is 3. The number of carbonyl (C=O) groups is 2. The average Bonchev–Trinajstić information content (AvgIpc) is 2.47. The number of nitrogens with one attached hydrogen (secondary N) is 1. The van der Waals surface area contributed by atoms with Crippen LogP contribution >= 0.6 is 0 Å². The van der Waals surface area contributed by atoms with E-state index in [2.05, 4.69) is 5.32 Å². The van der Waals surface area contributed by atoms with Crippen LogP contribution < -0.4 is 19.5 Å². The molecule has 2 rings (SSSR count). The SMILES string of the molecule is COc1ccc(C(=O)NC2CC(C(=O)O)C2)c(OC)c1OC. The van der Waals surface area contributed by atoms with E-state index in [1.807, 2.05) is 0 Å². The molecule has 7 nitrogen and oxygen atoms in total. The third kappa shape index (κ3) is 2.93. The summed E-state index contributed by atoms with van der Waals surface area (Å²) in [7, 11) is 4.40. The summed E-state index contributed by atoms with van der Waals surface area (Å²) in [5.74, 6) is -0.438. The molecule has 0 bridgehead atoms. The fourth-order valence-corrected chi connectivity index (χ4v) is 2.48. The summed E-state index contributed by atoms with van der Waals surface area (Å²) in [6, 6.07) is 3.08. The van der Waals surface area contributed by atoms with Crippen molar-refractivity contribution in [3.63, 3.8) is 0 Å². The molecule has 0 spiro atoms. The number of methoxy groups -OCH3 is 3. The molecule has 0 radical (unpaired) electrons. The van der Waals surface area contributed by atoms with Crippen molar-refractivity contribution in [1.29, 1.82) is 0 Å². The van der Waals surface area contributed by atoms with Crippen LogP contribution in [0.5, 0.6) is 17.2 Å². The van der Waals surface area contributed by atoms with Crippen molar-refractivity contribution in [3.05, 3.63) is 17.7 Å². The summed E-state index contributed by atoms with van der Waals surface area (Å²) in [5.41, 5.74) is 0.318. The van der Waals surface area contributed by atoms with Crippen LogP contribution in [0.2, 0.25) is 0 Å². The van der Waals surface area contributed by atoms with Gasteiger partial charge in [0, 0.05) is 6.04 Å². The number of carbonyl (C=O) groups excluding carboxylic acids is 1. The summed E-state index contributed by atoms with van der Waals surface area (Å²) in [5, 5.41) is 11.6. The Morgan fingerprint density at radius 2 is 1.73 bits per heavy atom. The Morgan fingerprint density at radius 1 is 1.09 bits per heavy atom. The van der Waals surface area contributed by atoms with Gasteiger partial charge in [-0.1, -0.05) is 0 Å². The molecule has 0 aromatic heterocycles. The Kier molecular flexibility index (Phi) is 4.75. The molecule has 0 atom stereocenters. The van der Waals surface area contributed by atoms with Crippen molar-refractivity contribution in [2.45, 2.75) is 18.9 Å². The fourth-order valence-electron chi connectivity index (χ4n) is 2.48. The van der Waals surface area contributed by atoms with Crippen LogP contribution in [0.3, 0.4) is 0 Å². The topological polar surface area (TPSA) is 94.1 Å². The number of hydrogen-bond acceptors (Lipinski definition) is 5. The van der Waals surface area contributed by atoms with Crippen LogP contribution in [0.25, 0.3) is 0 Å². The second kappa shape index (κ2) is 6.55. The number of carboxylic acids is 1. The van der Waals surface area contributed by atoms with Gasteiger partial charge < -0.3 is 24.6 Å². The molecule has 1 amide bonds. The highest BCUT2D eigenvalue weighted by atomic mass is 16.5. The quantitative estimate of drug-likeness (QED) is 0.822. The molecule has 1 aliphatic rings. The zero-order valence-corrected chi connectivity index (χ0v) is 12.7. The molecule has 1 aromatic carbocycles. The Hall–Kier alpha value is -2.44. The van der Waals surface area contributed by atoms with Crippen LogP contribution in [0, 0.1) is 5.92 Å². The minimum atomic E-state index is -0.825. The van der Waals surface area contributed by atoms with E-state index < -0.39 is 5.97 Å². The Balaban J connectivity index is 2.15. The highest BCUT2D eigenvalue weighted by Gasteiger charge is 2.36. The zero-order chi connectivity index (χ0) is 16.3. The number of benzene rings is 1. The van der Waals surface area contributed by atoms with Crippen molar-refractivity contribution in [2.24, 2.45) is 5.92 Å². The third-order valence-electron chi connectivity index (χ3n) is 3.77. The molecule has 120 valence electrons. The first kappa shape index (κ1) is 15.9. The smallest absolute Gasteiger partial charge is 0.306 e. The first-order valence-electron chi connectivity index (χ1n) is 6.84. The highest BCUT2D eigenvalue weighted by Crippen LogP contribution is 2.40. The lowest BCUT2D eigenvalue weighted by atomic mass is 9.80. The van der Waals surface area contributed by atoms with E-state index in [4.69, 9.17) is 19.3 Å². The van der Waals surface area contributed by atoms with Gasteiger partial charge in [0.25, 0.3) is 5.91 Å². The largest absolute Gasteiger partial charge is 0.493 e. The van der Waals surface area contributed by atoms with E-state index in [0.29, 0.717) is 29.9 Å². The van der Waals surface area contributed by atoms with Gasteiger partial charge in [-0.05, 0) is 25.0 Å². The maximum absolute atomic E-state index is 12.3. The predicted octanol–water partition coefficient (Wildman–Crippen LogP) is 1.31. The molecule has 1 fully saturated rings. The molecule has 1 aromatic rings. The van der Waals surface area contributed by atoms with Crippen molar-refractivity contribution in [1.82, 2.24) is 5.32 Å². The van der Waals surface area contributed by atoms with Crippen molar-refractivity contribution < 1.29 is 28.9 Å². The van der Waals surface area contributed by atoms with Gasteiger partial charge in [-0.2, -0.15) is 0 Å². The van der Waals surface area contributed by atoms with E-state index in [9.17, 15) is 9.59 Å². The molecule has 0 saturated heterocycles. The zero-order valence-electron chi connectivity index (χ0n) is 12.7. The summed E-state index contributed by atoms with van der Waals surface area (Å²) in [6.45, 7) is 0.